The van der Waals surface area contributed by atoms with Crippen LogP contribution in [0.4, 0.5) is 0 Å². The molecule has 1 aromatic heterocycles. The largest absolute Gasteiger partial charge is 0.314 e. The summed E-state index contributed by atoms with van der Waals surface area (Å²) in [5, 5.41) is 4.83. The predicted molar refractivity (Wildman–Crippen MR) is 69.1 cm³/mol. The van der Waals surface area contributed by atoms with E-state index in [2.05, 4.69) is 11.0 Å². The van der Waals surface area contributed by atoms with E-state index >= 15 is 0 Å². The fourth-order valence-electron chi connectivity index (χ4n) is 1.69. The van der Waals surface area contributed by atoms with E-state index in [-0.39, 0.29) is 0 Å². The lowest BCUT2D eigenvalue weighted by molar-refractivity contribution is 0.863. The van der Waals surface area contributed by atoms with Gasteiger partial charge < -0.3 is 5.73 Å². The number of nitrogens with two attached hydrogens (primary N) is 1. The molecule has 2 rings (SSSR count). The molecule has 2 N–H and O–H groups in total. The van der Waals surface area contributed by atoms with Crippen LogP contribution in [0.1, 0.15) is 17.3 Å². The molecule has 0 radical (unpaired) electrons. The van der Waals surface area contributed by atoms with E-state index < -0.39 is 6.04 Å². The summed E-state index contributed by atoms with van der Waals surface area (Å²) in [5.74, 6) is 2.47. The third-order valence-electron chi connectivity index (χ3n) is 2.54. The van der Waals surface area contributed by atoms with E-state index in [1.54, 1.807) is 4.68 Å². The van der Waals surface area contributed by atoms with Crippen LogP contribution in [0.25, 0.3) is 5.69 Å². The zero-order valence-electron chi connectivity index (χ0n) is 9.39. The van der Waals surface area contributed by atoms with Gasteiger partial charge in [0.2, 0.25) is 0 Å². The Morgan fingerprint density at radius 3 is 2.65 bits per heavy atom. The lowest BCUT2D eigenvalue weighted by Gasteiger charge is -2.05. The SMILES string of the molecule is C#C[C@H](N)c1c(C)nn(-c2ccccc2)c1Cl. The van der Waals surface area contributed by atoms with Gasteiger partial charge in [-0.3, -0.25) is 0 Å². The van der Waals surface area contributed by atoms with E-state index in [4.69, 9.17) is 23.8 Å². The minimum atomic E-state index is -0.528. The number of halogens is 1. The maximum Gasteiger partial charge on any atom is 0.138 e. The van der Waals surface area contributed by atoms with Crippen molar-refractivity contribution in [3.8, 4) is 18.0 Å². The van der Waals surface area contributed by atoms with Gasteiger partial charge in [-0.2, -0.15) is 5.10 Å². The minimum Gasteiger partial charge on any atom is -0.314 e. The Hall–Kier alpha value is -1.76. The molecular formula is C13H12ClN3. The highest BCUT2D eigenvalue weighted by Gasteiger charge is 2.18. The maximum absolute atomic E-state index is 6.26. The predicted octanol–water partition coefficient (Wildman–Crippen LogP) is 2.47. The third-order valence-corrected chi connectivity index (χ3v) is 2.90. The van der Waals surface area contributed by atoms with Gasteiger partial charge in [0.1, 0.15) is 5.15 Å². The van der Waals surface area contributed by atoms with Crippen molar-refractivity contribution in [3.63, 3.8) is 0 Å². The van der Waals surface area contributed by atoms with Crippen LogP contribution in [0.3, 0.4) is 0 Å². The van der Waals surface area contributed by atoms with E-state index in [1.807, 2.05) is 37.3 Å². The summed E-state index contributed by atoms with van der Waals surface area (Å²) in [6.45, 7) is 1.85. The Morgan fingerprint density at radius 2 is 2.06 bits per heavy atom. The molecule has 0 spiro atoms. The van der Waals surface area contributed by atoms with Gasteiger partial charge in [-0.25, -0.2) is 4.68 Å². The molecule has 0 unspecified atom stereocenters. The Bertz CT molecular complexity index is 566. The second kappa shape index (κ2) is 4.62. The molecule has 86 valence electrons. The van der Waals surface area contributed by atoms with Crippen molar-refractivity contribution in [2.24, 2.45) is 5.73 Å². The highest BCUT2D eigenvalue weighted by atomic mass is 35.5. The number of hydrogen-bond acceptors (Lipinski definition) is 2. The molecule has 0 fully saturated rings. The summed E-state index contributed by atoms with van der Waals surface area (Å²) in [6.07, 6.45) is 5.32. The second-order valence-corrected chi connectivity index (χ2v) is 4.04. The fourth-order valence-corrected chi connectivity index (χ4v) is 2.08. The number of terminal acetylenes is 1. The maximum atomic E-state index is 6.26. The summed E-state index contributed by atoms with van der Waals surface area (Å²) in [5.41, 5.74) is 8.16. The average Bonchev–Trinajstić information content (AvgIpc) is 2.65. The van der Waals surface area contributed by atoms with Crippen LogP contribution in [0.15, 0.2) is 30.3 Å². The molecule has 4 heteroatoms. The van der Waals surface area contributed by atoms with E-state index in [9.17, 15) is 0 Å². The van der Waals surface area contributed by atoms with Crippen LogP contribution in [0.5, 0.6) is 0 Å². The number of hydrogen-bond donors (Lipinski definition) is 1. The fraction of sp³-hybridized carbons (Fsp3) is 0.154. The van der Waals surface area contributed by atoms with Gasteiger partial charge in [0.15, 0.2) is 0 Å². The molecular weight excluding hydrogens is 234 g/mol. The summed E-state index contributed by atoms with van der Waals surface area (Å²) in [7, 11) is 0. The first kappa shape index (κ1) is 11.7. The van der Waals surface area contributed by atoms with Crippen LogP contribution in [0, 0.1) is 19.3 Å². The van der Waals surface area contributed by atoms with E-state index in [1.165, 1.54) is 0 Å². The van der Waals surface area contributed by atoms with E-state index in [0.717, 1.165) is 11.4 Å². The summed E-state index contributed by atoms with van der Waals surface area (Å²) >= 11 is 6.26. The van der Waals surface area contributed by atoms with Crippen molar-refractivity contribution < 1.29 is 0 Å². The van der Waals surface area contributed by atoms with Crippen LogP contribution >= 0.6 is 11.6 Å². The smallest absolute Gasteiger partial charge is 0.138 e. The number of rotatable bonds is 2. The lowest BCUT2D eigenvalue weighted by Crippen LogP contribution is -2.08. The molecule has 1 aromatic carbocycles. The number of para-hydroxylation sites is 1. The second-order valence-electron chi connectivity index (χ2n) is 3.68. The van der Waals surface area contributed by atoms with Crippen molar-refractivity contribution in [1.29, 1.82) is 0 Å². The quantitative estimate of drug-likeness (QED) is 0.826. The number of nitrogens with zero attached hydrogens (tertiary/aromatic N) is 2. The zero-order valence-corrected chi connectivity index (χ0v) is 10.1. The minimum absolute atomic E-state index is 0.471. The Balaban J connectivity index is 2.57. The lowest BCUT2D eigenvalue weighted by atomic mass is 10.1. The molecule has 0 aliphatic rings. The van der Waals surface area contributed by atoms with Gasteiger partial charge in [0.05, 0.1) is 17.4 Å². The highest BCUT2D eigenvalue weighted by Crippen LogP contribution is 2.27. The molecule has 17 heavy (non-hydrogen) atoms. The number of benzene rings is 1. The van der Waals surface area contributed by atoms with Gasteiger partial charge in [-0.15, -0.1) is 6.42 Å². The molecule has 0 amide bonds. The summed E-state index contributed by atoms with van der Waals surface area (Å²) < 4.78 is 1.64. The number of aromatic nitrogens is 2. The van der Waals surface area contributed by atoms with Gasteiger partial charge in [-0.05, 0) is 19.1 Å². The first-order chi connectivity index (χ1) is 8.15. The zero-order chi connectivity index (χ0) is 12.4. The van der Waals surface area contributed by atoms with Crippen LogP contribution in [0.2, 0.25) is 5.15 Å². The standard InChI is InChI=1S/C13H12ClN3/c1-3-11(15)12-9(2)16-17(13(12)14)10-7-5-4-6-8-10/h1,4-8,11H,15H2,2H3/t11-/m0/s1. The van der Waals surface area contributed by atoms with Crippen molar-refractivity contribution in [1.82, 2.24) is 9.78 Å². The molecule has 1 heterocycles. The monoisotopic (exact) mass is 245 g/mol. The summed E-state index contributed by atoms with van der Waals surface area (Å²) in [6, 6.07) is 9.09. The number of aryl methyl sites for hydroxylation is 1. The Kier molecular flexibility index (Phi) is 3.19. The third kappa shape index (κ3) is 2.05. The normalized spacial score (nSPS) is 12.1. The molecule has 0 aliphatic heterocycles. The van der Waals surface area contributed by atoms with Crippen molar-refractivity contribution in [2.45, 2.75) is 13.0 Å². The Morgan fingerprint density at radius 1 is 1.41 bits per heavy atom. The van der Waals surface area contributed by atoms with Crippen molar-refractivity contribution in [3.05, 3.63) is 46.7 Å². The van der Waals surface area contributed by atoms with Crippen LogP contribution < -0.4 is 5.73 Å². The molecule has 3 nitrogen and oxygen atoms in total. The van der Waals surface area contributed by atoms with Crippen molar-refractivity contribution >= 4 is 11.6 Å². The molecule has 0 saturated heterocycles. The molecule has 1 atom stereocenters. The van der Waals surface area contributed by atoms with Gasteiger partial charge in [-0.1, -0.05) is 35.7 Å². The topological polar surface area (TPSA) is 43.8 Å². The molecule has 0 saturated carbocycles. The average molecular weight is 246 g/mol. The van der Waals surface area contributed by atoms with E-state index in [0.29, 0.717) is 10.7 Å². The highest BCUT2D eigenvalue weighted by molar-refractivity contribution is 6.30. The molecule has 2 aromatic rings. The van der Waals surface area contributed by atoms with Gasteiger partial charge in [0.25, 0.3) is 0 Å². The van der Waals surface area contributed by atoms with Gasteiger partial charge in [0, 0.05) is 5.56 Å². The Labute approximate surface area is 105 Å². The van der Waals surface area contributed by atoms with Gasteiger partial charge >= 0.3 is 0 Å². The first-order valence-corrected chi connectivity index (χ1v) is 5.55. The van der Waals surface area contributed by atoms with Crippen LogP contribution in [-0.4, -0.2) is 9.78 Å². The first-order valence-electron chi connectivity index (χ1n) is 5.17. The molecule has 0 aliphatic carbocycles. The van der Waals surface area contributed by atoms with Crippen molar-refractivity contribution in [2.75, 3.05) is 0 Å². The summed E-state index contributed by atoms with van der Waals surface area (Å²) in [4.78, 5) is 0. The van der Waals surface area contributed by atoms with Crippen LogP contribution in [-0.2, 0) is 0 Å². The molecule has 0 bridgehead atoms.